The summed E-state index contributed by atoms with van der Waals surface area (Å²) in [5, 5.41) is 25.3. The van der Waals surface area contributed by atoms with E-state index in [-0.39, 0.29) is 36.3 Å². The number of ether oxygens (including phenoxy) is 2. The van der Waals surface area contributed by atoms with Crippen LogP contribution in [0.4, 0.5) is 28.7 Å². The van der Waals surface area contributed by atoms with Crippen molar-refractivity contribution in [3.8, 4) is 11.5 Å². The van der Waals surface area contributed by atoms with Crippen molar-refractivity contribution in [3.63, 3.8) is 0 Å². The van der Waals surface area contributed by atoms with Gasteiger partial charge in [0.15, 0.2) is 11.5 Å². The third-order valence-corrected chi connectivity index (χ3v) is 4.31. The van der Waals surface area contributed by atoms with Crippen molar-refractivity contribution in [1.29, 1.82) is 0 Å². The first-order valence-electron chi connectivity index (χ1n) is 8.89. The predicted molar refractivity (Wildman–Crippen MR) is 109 cm³/mol. The van der Waals surface area contributed by atoms with Crippen LogP contribution in [-0.4, -0.2) is 26.6 Å². The average molecular weight is 425 g/mol. The number of non-ortho nitro benzene ring substituents is 1. The van der Waals surface area contributed by atoms with E-state index in [2.05, 4.69) is 26.1 Å². The fourth-order valence-corrected chi connectivity index (χ4v) is 2.81. The van der Waals surface area contributed by atoms with Crippen LogP contribution >= 0.6 is 0 Å². The van der Waals surface area contributed by atoms with E-state index in [0.717, 1.165) is 5.56 Å². The second-order valence-corrected chi connectivity index (χ2v) is 6.27. The summed E-state index contributed by atoms with van der Waals surface area (Å²) < 4.78 is 10.6. The molecule has 0 amide bonds. The fraction of sp³-hybridized carbons (Fsp3) is 0.111. The molecule has 1 aromatic heterocycles. The van der Waals surface area contributed by atoms with E-state index in [0.29, 0.717) is 17.2 Å². The summed E-state index contributed by atoms with van der Waals surface area (Å²) >= 11 is 0. The summed E-state index contributed by atoms with van der Waals surface area (Å²) in [5.74, 6) is 1.18. The number of hydrogen-bond donors (Lipinski definition) is 3. The van der Waals surface area contributed by atoms with Crippen molar-refractivity contribution in [2.75, 3.05) is 23.0 Å². The Bertz CT molecular complexity index is 1140. The van der Waals surface area contributed by atoms with Gasteiger partial charge in [-0.25, -0.2) is 9.97 Å². The Morgan fingerprint density at radius 3 is 2.39 bits per heavy atom. The van der Waals surface area contributed by atoms with Crippen LogP contribution in [0.1, 0.15) is 5.56 Å². The van der Waals surface area contributed by atoms with Crippen LogP contribution < -0.4 is 25.6 Å². The number of fused-ring (bicyclic) bond motifs is 1. The molecule has 1 aliphatic heterocycles. The van der Waals surface area contributed by atoms with E-state index in [1.54, 1.807) is 12.1 Å². The van der Waals surface area contributed by atoms with E-state index in [9.17, 15) is 20.2 Å². The first-order valence-corrected chi connectivity index (χ1v) is 8.89. The quantitative estimate of drug-likeness (QED) is 0.358. The number of hydrazine groups is 1. The highest BCUT2D eigenvalue weighted by atomic mass is 16.7. The number of anilines is 3. The van der Waals surface area contributed by atoms with Gasteiger partial charge in [-0.15, -0.1) is 0 Å². The average Bonchev–Trinajstić information content (AvgIpc) is 3.24. The minimum atomic E-state index is -0.609. The van der Waals surface area contributed by atoms with Crippen LogP contribution in [0.2, 0.25) is 0 Å². The van der Waals surface area contributed by atoms with Gasteiger partial charge < -0.3 is 14.8 Å². The van der Waals surface area contributed by atoms with Gasteiger partial charge >= 0.3 is 5.69 Å². The summed E-state index contributed by atoms with van der Waals surface area (Å²) in [7, 11) is 0. The van der Waals surface area contributed by atoms with Gasteiger partial charge in [0.2, 0.25) is 18.4 Å². The van der Waals surface area contributed by atoms with Crippen molar-refractivity contribution in [1.82, 2.24) is 9.97 Å². The highest BCUT2D eigenvalue weighted by molar-refractivity contribution is 5.70. The predicted octanol–water partition coefficient (Wildman–Crippen LogP) is 3.07. The standard InChI is InChI=1S/C18H15N7O6/c26-24(27)13-4-2-12(3-5-13)22-23-18-16(25(28)29)17(20-9-21-18)19-8-11-1-6-14-15(7-11)31-10-30-14/h1-7,9,22H,8,10H2,(H2,19,20,21,23). The number of hydrogen-bond acceptors (Lipinski definition) is 11. The van der Waals surface area contributed by atoms with Gasteiger partial charge in [0.05, 0.1) is 15.5 Å². The first-order chi connectivity index (χ1) is 15.0. The molecule has 0 unspecified atom stereocenters. The molecule has 0 bridgehead atoms. The van der Waals surface area contributed by atoms with Crippen LogP contribution in [0, 0.1) is 20.2 Å². The maximum absolute atomic E-state index is 11.6. The second kappa shape index (κ2) is 8.36. The number of aromatic nitrogens is 2. The number of nitrogens with one attached hydrogen (secondary N) is 3. The molecule has 13 nitrogen and oxygen atoms in total. The van der Waals surface area contributed by atoms with Crippen molar-refractivity contribution >= 4 is 28.7 Å². The minimum absolute atomic E-state index is 0.0191. The smallest absolute Gasteiger partial charge is 0.354 e. The molecular weight excluding hydrogens is 410 g/mol. The molecular formula is C18H15N7O6. The Kier molecular flexibility index (Phi) is 5.29. The second-order valence-electron chi connectivity index (χ2n) is 6.27. The SMILES string of the molecule is O=[N+]([O-])c1ccc(NNc2ncnc(NCc3ccc4c(c3)OCO4)c2[N+](=O)[O-])cc1. The minimum Gasteiger partial charge on any atom is -0.454 e. The molecule has 13 heteroatoms. The van der Waals surface area contributed by atoms with Crippen molar-refractivity contribution in [2.24, 2.45) is 0 Å². The molecule has 2 aromatic carbocycles. The van der Waals surface area contributed by atoms with E-state index in [1.807, 2.05) is 6.07 Å². The molecule has 0 spiro atoms. The monoisotopic (exact) mass is 425 g/mol. The van der Waals surface area contributed by atoms with Crippen LogP contribution in [-0.2, 0) is 6.54 Å². The highest BCUT2D eigenvalue weighted by Crippen LogP contribution is 2.33. The lowest BCUT2D eigenvalue weighted by molar-refractivity contribution is -0.384. The third kappa shape index (κ3) is 4.34. The Morgan fingerprint density at radius 2 is 1.65 bits per heavy atom. The number of rotatable bonds is 8. The molecule has 158 valence electrons. The zero-order valence-corrected chi connectivity index (χ0v) is 15.8. The summed E-state index contributed by atoms with van der Waals surface area (Å²) in [6.07, 6.45) is 1.18. The van der Waals surface area contributed by atoms with Gasteiger partial charge in [0, 0.05) is 18.7 Å². The fourth-order valence-electron chi connectivity index (χ4n) is 2.81. The Labute approximate surface area is 174 Å². The molecule has 0 fully saturated rings. The first kappa shape index (κ1) is 19.6. The van der Waals surface area contributed by atoms with Gasteiger partial charge in [-0.3, -0.25) is 31.1 Å². The van der Waals surface area contributed by atoms with Gasteiger partial charge in [-0.1, -0.05) is 6.07 Å². The number of nitro benzene ring substituents is 1. The third-order valence-electron chi connectivity index (χ3n) is 4.31. The Balaban J connectivity index is 1.48. The molecule has 31 heavy (non-hydrogen) atoms. The van der Waals surface area contributed by atoms with Gasteiger partial charge in [-0.2, -0.15) is 0 Å². The zero-order valence-electron chi connectivity index (χ0n) is 15.8. The molecule has 0 atom stereocenters. The van der Waals surface area contributed by atoms with Crippen LogP contribution in [0.5, 0.6) is 11.5 Å². The topological polar surface area (TPSA) is 167 Å². The maximum Gasteiger partial charge on any atom is 0.354 e. The molecule has 0 aliphatic carbocycles. The van der Waals surface area contributed by atoms with Crippen molar-refractivity contribution < 1.29 is 19.3 Å². The molecule has 4 rings (SSSR count). The number of nitro groups is 2. The largest absolute Gasteiger partial charge is 0.454 e. The summed E-state index contributed by atoms with van der Waals surface area (Å²) in [6.45, 7) is 0.407. The van der Waals surface area contributed by atoms with Crippen LogP contribution in [0.3, 0.4) is 0 Å². The molecule has 1 aliphatic rings. The number of nitrogens with zero attached hydrogens (tertiary/aromatic N) is 4. The van der Waals surface area contributed by atoms with Gasteiger partial charge in [0.1, 0.15) is 6.33 Å². The molecule has 2 heterocycles. The van der Waals surface area contributed by atoms with Crippen LogP contribution in [0.15, 0.2) is 48.8 Å². The van der Waals surface area contributed by atoms with Crippen molar-refractivity contribution in [2.45, 2.75) is 6.54 Å². The Hall–Kier alpha value is -4.68. The summed E-state index contributed by atoms with van der Waals surface area (Å²) in [5.41, 5.74) is 6.20. The summed E-state index contributed by atoms with van der Waals surface area (Å²) in [6, 6.07) is 10.9. The van der Waals surface area contributed by atoms with E-state index < -0.39 is 9.85 Å². The highest BCUT2D eigenvalue weighted by Gasteiger charge is 2.23. The lowest BCUT2D eigenvalue weighted by Gasteiger charge is -2.11. The number of benzene rings is 2. The molecule has 3 aromatic rings. The molecule has 0 radical (unpaired) electrons. The zero-order chi connectivity index (χ0) is 21.8. The normalized spacial score (nSPS) is 11.6. The van der Waals surface area contributed by atoms with Crippen LogP contribution in [0.25, 0.3) is 0 Å². The lowest BCUT2D eigenvalue weighted by Crippen LogP contribution is -2.14. The molecule has 0 saturated carbocycles. The summed E-state index contributed by atoms with van der Waals surface area (Å²) in [4.78, 5) is 29.1. The van der Waals surface area contributed by atoms with E-state index in [1.165, 1.54) is 30.6 Å². The lowest BCUT2D eigenvalue weighted by atomic mass is 10.2. The molecule has 0 saturated heterocycles. The van der Waals surface area contributed by atoms with E-state index >= 15 is 0 Å². The van der Waals surface area contributed by atoms with E-state index in [4.69, 9.17) is 9.47 Å². The van der Waals surface area contributed by atoms with Gasteiger partial charge in [-0.05, 0) is 29.8 Å². The van der Waals surface area contributed by atoms with Crippen molar-refractivity contribution in [3.05, 3.63) is 74.6 Å². The van der Waals surface area contributed by atoms with Gasteiger partial charge in [0.25, 0.3) is 5.69 Å². The maximum atomic E-state index is 11.6. The molecule has 3 N–H and O–H groups in total. The Morgan fingerprint density at radius 1 is 0.903 bits per heavy atom.